The van der Waals surface area contributed by atoms with Crippen molar-refractivity contribution >= 4 is 39.0 Å². The molecule has 0 spiro atoms. The number of rotatable bonds is 6. The first-order chi connectivity index (χ1) is 14.4. The molecule has 1 aliphatic rings. The summed E-state index contributed by atoms with van der Waals surface area (Å²) in [4.78, 5) is 27.2. The monoisotopic (exact) mass is 422 g/mol. The first-order valence-electron chi connectivity index (χ1n) is 10.3. The second-order valence-corrected chi connectivity index (χ2v) is 9.10. The van der Waals surface area contributed by atoms with Gasteiger partial charge in [-0.1, -0.05) is 30.3 Å². The Labute approximate surface area is 180 Å². The number of anilines is 1. The number of thiophene rings is 1. The van der Waals surface area contributed by atoms with Crippen LogP contribution < -0.4 is 5.32 Å². The number of carboxylic acids is 1. The average molecular weight is 423 g/mol. The molecule has 2 aromatic carbocycles. The first-order valence-corrected chi connectivity index (χ1v) is 11.1. The van der Waals surface area contributed by atoms with Crippen molar-refractivity contribution in [3.8, 4) is 0 Å². The van der Waals surface area contributed by atoms with Crippen molar-refractivity contribution < 1.29 is 14.7 Å². The van der Waals surface area contributed by atoms with Gasteiger partial charge in [0.15, 0.2) is 0 Å². The van der Waals surface area contributed by atoms with Gasteiger partial charge in [-0.3, -0.25) is 9.69 Å². The fourth-order valence-electron chi connectivity index (χ4n) is 4.29. The zero-order valence-corrected chi connectivity index (χ0v) is 18.1. The van der Waals surface area contributed by atoms with Crippen molar-refractivity contribution in [2.24, 2.45) is 0 Å². The lowest BCUT2D eigenvalue weighted by molar-refractivity contribution is -0.117. The highest BCUT2D eigenvalue weighted by atomic mass is 32.1. The van der Waals surface area contributed by atoms with Crippen LogP contribution in [0.4, 0.5) is 5.69 Å². The predicted molar refractivity (Wildman–Crippen MR) is 122 cm³/mol. The molecule has 5 nitrogen and oxygen atoms in total. The van der Waals surface area contributed by atoms with Gasteiger partial charge in [0.2, 0.25) is 5.91 Å². The van der Waals surface area contributed by atoms with Gasteiger partial charge in [0.1, 0.15) is 4.88 Å². The molecular formula is C24H26N2O3S. The summed E-state index contributed by atoms with van der Waals surface area (Å²) in [5.41, 5.74) is 3.91. The van der Waals surface area contributed by atoms with E-state index >= 15 is 0 Å². The molecule has 0 radical (unpaired) electrons. The molecule has 0 saturated carbocycles. The largest absolute Gasteiger partial charge is 0.477 e. The second kappa shape index (κ2) is 8.58. The highest BCUT2D eigenvalue weighted by Crippen LogP contribution is 2.34. The van der Waals surface area contributed by atoms with Gasteiger partial charge in [-0.25, -0.2) is 4.79 Å². The molecule has 0 bridgehead atoms. The fraction of sp³-hybridized carbons (Fsp3) is 0.333. The lowest BCUT2D eigenvalue weighted by atomic mass is 10.0. The molecule has 1 aliphatic heterocycles. The van der Waals surface area contributed by atoms with Crippen LogP contribution in [-0.4, -0.2) is 41.0 Å². The Morgan fingerprint density at radius 1 is 1.20 bits per heavy atom. The molecule has 1 aromatic heterocycles. The third-order valence-corrected chi connectivity index (χ3v) is 7.05. The van der Waals surface area contributed by atoms with E-state index in [1.807, 2.05) is 56.3 Å². The lowest BCUT2D eigenvalue weighted by Gasteiger charge is -2.24. The zero-order chi connectivity index (χ0) is 21.3. The highest BCUT2D eigenvalue weighted by Gasteiger charge is 2.29. The Balaban J connectivity index is 1.50. The zero-order valence-electron chi connectivity index (χ0n) is 17.3. The summed E-state index contributed by atoms with van der Waals surface area (Å²) in [5.74, 6) is -0.896. The van der Waals surface area contributed by atoms with E-state index in [0.717, 1.165) is 51.9 Å². The summed E-state index contributed by atoms with van der Waals surface area (Å²) in [5, 5.41) is 13.8. The quantitative estimate of drug-likeness (QED) is 0.595. The van der Waals surface area contributed by atoms with E-state index in [0.29, 0.717) is 17.8 Å². The maximum absolute atomic E-state index is 12.7. The van der Waals surface area contributed by atoms with Crippen LogP contribution in [0.5, 0.6) is 0 Å². The summed E-state index contributed by atoms with van der Waals surface area (Å²) in [7, 11) is 0. The highest BCUT2D eigenvalue weighted by molar-refractivity contribution is 7.21. The summed E-state index contributed by atoms with van der Waals surface area (Å²) in [6.45, 7) is 5.18. The van der Waals surface area contributed by atoms with E-state index in [1.54, 1.807) is 0 Å². The van der Waals surface area contributed by atoms with Gasteiger partial charge >= 0.3 is 5.97 Å². The van der Waals surface area contributed by atoms with Crippen LogP contribution in [0.25, 0.3) is 10.1 Å². The van der Waals surface area contributed by atoms with E-state index in [9.17, 15) is 14.7 Å². The Kier molecular flexibility index (Phi) is 5.88. The van der Waals surface area contributed by atoms with Gasteiger partial charge in [0.25, 0.3) is 0 Å². The summed E-state index contributed by atoms with van der Waals surface area (Å²) < 4.78 is 1.00. The molecule has 30 heavy (non-hydrogen) atoms. The molecule has 2 heterocycles. The Bertz CT molecular complexity index is 1110. The molecule has 3 aromatic rings. The SMILES string of the molecule is Cc1ccc(C)c(NC(=O)CN2CCCC2Cc2c(C(=O)O)sc3ccccc23)c1. The summed E-state index contributed by atoms with van der Waals surface area (Å²) >= 11 is 1.34. The van der Waals surface area contributed by atoms with Crippen molar-refractivity contribution in [1.82, 2.24) is 4.90 Å². The number of carbonyl (C=O) groups is 2. The Hall–Kier alpha value is -2.70. The van der Waals surface area contributed by atoms with Gasteiger partial charge in [0.05, 0.1) is 6.54 Å². The summed E-state index contributed by atoms with van der Waals surface area (Å²) in [6.07, 6.45) is 2.65. The molecular weight excluding hydrogens is 396 g/mol. The third-order valence-electron chi connectivity index (χ3n) is 5.85. The lowest BCUT2D eigenvalue weighted by Crippen LogP contribution is -2.38. The van der Waals surface area contributed by atoms with Crippen molar-refractivity contribution in [2.75, 3.05) is 18.4 Å². The van der Waals surface area contributed by atoms with Gasteiger partial charge in [-0.15, -0.1) is 11.3 Å². The molecule has 1 fully saturated rings. The van der Waals surface area contributed by atoms with Crippen LogP contribution in [0.3, 0.4) is 0 Å². The molecule has 4 rings (SSSR count). The molecule has 156 valence electrons. The molecule has 1 amide bonds. The van der Waals surface area contributed by atoms with E-state index in [1.165, 1.54) is 11.3 Å². The van der Waals surface area contributed by atoms with Gasteiger partial charge in [-0.05, 0) is 73.9 Å². The average Bonchev–Trinajstić information content (AvgIpc) is 3.30. The van der Waals surface area contributed by atoms with Gasteiger partial charge in [0, 0.05) is 16.4 Å². The topological polar surface area (TPSA) is 69.6 Å². The normalized spacial score (nSPS) is 16.8. The number of aryl methyl sites for hydroxylation is 2. The minimum Gasteiger partial charge on any atom is -0.477 e. The number of hydrogen-bond donors (Lipinski definition) is 2. The molecule has 0 aliphatic carbocycles. The molecule has 1 saturated heterocycles. The van der Waals surface area contributed by atoms with Crippen molar-refractivity contribution in [3.05, 3.63) is 64.0 Å². The minimum atomic E-state index is -0.872. The summed E-state index contributed by atoms with van der Waals surface area (Å²) in [6, 6.07) is 14.1. The Morgan fingerprint density at radius 3 is 2.80 bits per heavy atom. The van der Waals surface area contributed by atoms with Crippen molar-refractivity contribution in [1.29, 1.82) is 0 Å². The van der Waals surface area contributed by atoms with Crippen molar-refractivity contribution in [3.63, 3.8) is 0 Å². The van der Waals surface area contributed by atoms with E-state index in [4.69, 9.17) is 0 Å². The number of amides is 1. The number of likely N-dealkylation sites (tertiary alicyclic amines) is 1. The number of carbonyl (C=O) groups excluding carboxylic acids is 1. The third kappa shape index (κ3) is 4.25. The number of aromatic carboxylic acids is 1. The number of nitrogens with one attached hydrogen (secondary N) is 1. The maximum Gasteiger partial charge on any atom is 0.346 e. The van der Waals surface area contributed by atoms with Crippen LogP contribution >= 0.6 is 11.3 Å². The number of nitrogens with zero attached hydrogens (tertiary/aromatic N) is 1. The molecule has 1 atom stereocenters. The predicted octanol–water partition coefficient (Wildman–Crippen LogP) is 4.86. The van der Waals surface area contributed by atoms with Crippen LogP contribution in [0.1, 0.15) is 39.2 Å². The number of benzene rings is 2. The number of fused-ring (bicyclic) bond motifs is 1. The van der Waals surface area contributed by atoms with E-state index < -0.39 is 5.97 Å². The minimum absolute atomic E-state index is 0.0239. The second-order valence-electron chi connectivity index (χ2n) is 8.05. The molecule has 2 N–H and O–H groups in total. The van der Waals surface area contributed by atoms with Gasteiger partial charge in [-0.2, -0.15) is 0 Å². The van der Waals surface area contributed by atoms with E-state index in [-0.39, 0.29) is 11.9 Å². The van der Waals surface area contributed by atoms with Gasteiger partial charge < -0.3 is 10.4 Å². The van der Waals surface area contributed by atoms with Crippen LogP contribution in [0.2, 0.25) is 0 Å². The standard InChI is InChI=1S/C24H26N2O3S/c1-15-9-10-16(2)20(12-15)25-22(27)14-26-11-5-6-17(26)13-19-18-7-3-4-8-21(18)30-23(19)24(28)29/h3-4,7-10,12,17H,5-6,11,13-14H2,1-2H3,(H,25,27)(H,28,29). The number of carboxylic acid groups (broad SMARTS) is 1. The maximum atomic E-state index is 12.7. The number of hydrogen-bond acceptors (Lipinski definition) is 4. The van der Waals surface area contributed by atoms with Crippen LogP contribution in [-0.2, 0) is 11.2 Å². The fourth-order valence-corrected chi connectivity index (χ4v) is 5.36. The van der Waals surface area contributed by atoms with Crippen LogP contribution in [0, 0.1) is 13.8 Å². The van der Waals surface area contributed by atoms with E-state index in [2.05, 4.69) is 10.2 Å². The first kappa shape index (κ1) is 20.6. The molecule has 6 heteroatoms. The van der Waals surface area contributed by atoms with Crippen LogP contribution in [0.15, 0.2) is 42.5 Å². The van der Waals surface area contributed by atoms with Crippen molar-refractivity contribution in [2.45, 2.75) is 39.2 Å². The Morgan fingerprint density at radius 2 is 2.00 bits per heavy atom. The molecule has 1 unspecified atom stereocenters. The smallest absolute Gasteiger partial charge is 0.346 e.